The van der Waals surface area contributed by atoms with Gasteiger partial charge in [-0.05, 0) is 50.0 Å². The molecule has 6 atom stereocenters. The number of nitrogens with one attached hydrogen (secondary N) is 1. The fourth-order valence-electron chi connectivity index (χ4n) is 7.25. The normalized spacial score (nSPS) is 31.2. The second-order valence-electron chi connectivity index (χ2n) is 13.6. The molecule has 2 saturated heterocycles. The summed E-state index contributed by atoms with van der Waals surface area (Å²) in [6.07, 6.45) is 9.70. The van der Waals surface area contributed by atoms with E-state index in [-0.39, 0.29) is 54.7 Å². The summed E-state index contributed by atoms with van der Waals surface area (Å²) in [6, 6.07) is 8.33. The van der Waals surface area contributed by atoms with Gasteiger partial charge in [0, 0.05) is 45.9 Å². The lowest BCUT2D eigenvalue weighted by Gasteiger charge is -2.31. The fraction of sp³-hybridized carbons (Fsp3) is 0.629. The van der Waals surface area contributed by atoms with Crippen molar-refractivity contribution in [3.05, 3.63) is 48.0 Å². The molecule has 45 heavy (non-hydrogen) atoms. The van der Waals surface area contributed by atoms with Gasteiger partial charge in [-0.1, -0.05) is 62.2 Å². The molecule has 244 valence electrons. The van der Waals surface area contributed by atoms with E-state index in [2.05, 4.69) is 17.5 Å². The average molecular weight is 621 g/mol. The Morgan fingerprint density at radius 3 is 2.58 bits per heavy atom. The highest BCUT2D eigenvalue weighted by Crippen LogP contribution is 2.58. The van der Waals surface area contributed by atoms with E-state index in [1.165, 1.54) is 4.90 Å². The number of ketones is 1. The van der Waals surface area contributed by atoms with Crippen molar-refractivity contribution in [2.45, 2.75) is 95.9 Å². The van der Waals surface area contributed by atoms with Crippen molar-refractivity contribution < 1.29 is 28.7 Å². The van der Waals surface area contributed by atoms with Crippen LogP contribution < -0.4 is 5.32 Å². The summed E-state index contributed by atoms with van der Waals surface area (Å²) in [5, 5.41) is 3.00. The molecular weight excluding hydrogens is 572 g/mol. The summed E-state index contributed by atoms with van der Waals surface area (Å²) in [5.41, 5.74) is 0.0501. The fourth-order valence-corrected chi connectivity index (χ4v) is 7.25. The number of hydrogen-bond acceptors (Lipinski definition) is 6. The highest BCUT2D eigenvalue weighted by Gasteiger charge is 2.62. The molecule has 1 N–H and O–H groups in total. The van der Waals surface area contributed by atoms with Gasteiger partial charge < -0.3 is 24.8 Å². The van der Waals surface area contributed by atoms with Crippen molar-refractivity contribution in [1.82, 2.24) is 20.0 Å². The van der Waals surface area contributed by atoms with Gasteiger partial charge in [-0.15, -0.1) is 0 Å². The van der Waals surface area contributed by atoms with E-state index >= 15 is 0 Å². The smallest absolute Gasteiger partial charge is 0.409 e. The summed E-state index contributed by atoms with van der Waals surface area (Å²) < 4.78 is 5.64. The Morgan fingerprint density at radius 2 is 1.82 bits per heavy atom. The predicted molar refractivity (Wildman–Crippen MR) is 169 cm³/mol. The standard InChI is InChI=1S/C35H48N4O6/c1-24-13-8-5-4-6-11-16-26-20-35(26,21-30(40)29-19-27(23-39(29)32(24)42)45-34(44)37(2)3)33(43)38-18-12-17-28(38)31(41)36-22-25-14-9-7-10-15-25/h7,9-11,14-16,24,26-29H,4-6,8,12-13,17-23H2,1-3H3,(H,36,41)/b16-11-/t24-,26+,27+,28-,29-,35+/m0/s1. The van der Waals surface area contributed by atoms with Crippen molar-refractivity contribution in [2.75, 3.05) is 27.2 Å². The van der Waals surface area contributed by atoms with Gasteiger partial charge in [-0.3, -0.25) is 19.2 Å². The molecule has 5 rings (SSSR count). The number of amides is 4. The second-order valence-corrected chi connectivity index (χ2v) is 13.6. The number of carbonyl (C=O) groups excluding carboxylic acids is 5. The van der Waals surface area contributed by atoms with E-state index in [1.54, 1.807) is 23.9 Å². The molecular formula is C35H48N4O6. The lowest BCUT2D eigenvalue weighted by molar-refractivity contribution is -0.146. The van der Waals surface area contributed by atoms with Crippen LogP contribution in [0, 0.1) is 17.3 Å². The number of benzene rings is 1. The molecule has 3 aliphatic heterocycles. The third-order valence-corrected chi connectivity index (χ3v) is 10.0. The molecule has 0 aromatic heterocycles. The van der Waals surface area contributed by atoms with Crippen LogP contribution in [-0.2, 0) is 30.5 Å². The van der Waals surface area contributed by atoms with Gasteiger partial charge in [0.2, 0.25) is 17.7 Å². The van der Waals surface area contributed by atoms with Crippen LogP contribution in [0.2, 0.25) is 0 Å². The molecule has 4 aliphatic rings. The monoisotopic (exact) mass is 620 g/mol. The molecule has 10 nitrogen and oxygen atoms in total. The molecule has 3 heterocycles. The summed E-state index contributed by atoms with van der Waals surface area (Å²) in [4.78, 5) is 72.5. The number of hydrogen-bond donors (Lipinski definition) is 1. The highest BCUT2D eigenvalue weighted by molar-refractivity contribution is 5.98. The lowest BCUT2D eigenvalue weighted by atomic mass is 9.90. The molecule has 1 saturated carbocycles. The molecule has 0 bridgehead atoms. The Hall–Kier alpha value is -3.69. The zero-order chi connectivity index (χ0) is 32.1. The van der Waals surface area contributed by atoms with Crippen molar-refractivity contribution in [1.29, 1.82) is 0 Å². The van der Waals surface area contributed by atoms with Gasteiger partial charge in [0.1, 0.15) is 12.1 Å². The summed E-state index contributed by atoms with van der Waals surface area (Å²) in [7, 11) is 3.19. The first-order chi connectivity index (χ1) is 21.6. The third-order valence-electron chi connectivity index (χ3n) is 10.0. The van der Waals surface area contributed by atoms with Crippen molar-refractivity contribution >= 4 is 29.6 Å². The van der Waals surface area contributed by atoms with Crippen molar-refractivity contribution in [3.63, 3.8) is 0 Å². The van der Waals surface area contributed by atoms with E-state index in [0.29, 0.717) is 25.9 Å². The van der Waals surface area contributed by atoms with Gasteiger partial charge in [0.15, 0.2) is 5.78 Å². The topological polar surface area (TPSA) is 116 Å². The van der Waals surface area contributed by atoms with Gasteiger partial charge >= 0.3 is 6.09 Å². The Balaban J connectivity index is 1.36. The molecule has 0 unspecified atom stereocenters. The summed E-state index contributed by atoms with van der Waals surface area (Å²) in [5.74, 6) is -0.959. The third kappa shape index (κ3) is 7.42. The van der Waals surface area contributed by atoms with Crippen LogP contribution in [0.25, 0.3) is 0 Å². The first-order valence-corrected chi connectivity index (χ1v) is 16.6. The minimum absolute atomic E-state index is 0.00707. The Labute approximate surface area is 266 Å². The number of allylic oxidation sites excluding steroid dienone is 2. The maximum Gasteiger partial charge on any atom is 0.409 e. The number of carbonyl (C=O) groups is 5. The first-order valence-electron chi connectivity index (χ1n) is 16.6. The number of ether oxygens (including phenoxy) is 1. The summed E-state index contributed by atoms with van der Waals surface area (Å²) >= 11 is 0. The van der Waals surface area contributed by atoms with Gasteiger partial charge in [-0.2, -0.15) is 0 Å². The number of likely N-dealkylation sites (tertiary alicyclic amines) is 1. The van der Waals surface area contributed by atoms with Crippen LogP contribution in [0.4, 0.5) is 4.79 Å². The molecule has 1 aromatic rings. The number of nitrogens with zero attached hydrogens (tertiary/aromatic N) is 3. The molecule has 10 heteroatoms. The van der Waals surface area contributed by atoms with Crippen molar-refractivity contribution in [2.24, 2.45) is 17.3 Å². The number of fused-ring (bicyclic) bond motifs is 2. The molecule has 1 aliphatic carbocycles. The van der Waals surface area contributed by atoms with E-state index < -0.39 is 29.7 Å². The van der Waals surface area contributed by atoms with Gasteiger partial charge in [0.05, 0.1) is 18.0 Å². The quantitative estimate of drug-likeness (QED) is 0.496. The molecule has 1 aromatic carbocycles. The SMILES string of the molecule is C[C@H]1CCCCC/C=C\[C@@H]2C[C@@]2(C(=O)N2CCC[C@H]2C(=O)NCc2ccccc2)CC(=O)[C@@H]2C[C@@H](OC(=O)N(C)C)CN2C1=O. The Morgan fingerprint density at radius 1 is 1.04 bits per heavy atom. The minimum atomic E-state index is -0.936. The van der Waals surface area contributed by atoms with Crippen molar-refractivity contribution in [3.8, 4) is 0 Å². The zero-order valence-corrected chi connectivity index (χ0v) is 26.9. The zero-order valence-electron chi connectivity index (χ0n) is 26.9. The second kappa shape index (κ2) is 14.2. The van der Waals surface area contributed by atoms with Crippen LogP contribution in [0.3, 0.4) is 0 Å². The maximum atomic E-state index is 14.4. The van der Waals surface area contributed by atoms with E-state index in [0.717, 1.165) is 44.1 Å². The van der Waals surface area contributed by atoms with Gasteiger partial charge in [-0.25, -0.2) is 4.79 Å². The van der Waals surface area contributed by atoms with Crippen LogP contribution in [0.15, 0.2) is 42.5 Å². The molecule has 4 amide bonds. The maximum absolute atomic E-state index is 14.4. The lowest BCUT2D eigenvalue weighted by Crippen LogP contribution is -2.50. The van der Waals surface area contributed by atoms with E-state index in [1.807, 2.05) is 37.3 Å². The van der Waals surface area contributed by atoms with E-state index in [9.17, 15) is 24.0 Å². The predicted octanol–water partition coefficient (Wildman–Crippen LogP) is 4.08. The largest absolute Gasteiger partial charge is 0.444 e. The minimum Gasteiger partial charge on any atom is -0.444 e. The van der Waals surface area contributed by atoms with E-state index in [4.69, 9.17) is 4.74 Å². The van der Waals surface area contributed by atoms with Gasteiger partial charge in [0.25, 0.3) is 0 Å². The highest BCUT2D eigenvalue weighted by atomic mass is 16.6. The molecule has 0 spiro atoms. The number of Topliss-reactive ketones (excluding diaryl/α,β-unsaturated/α-hetero) is 1. The van der Waals surface area contributed by atoms with Crippen LogP contribution in [0.1, 0.15) is 76.7 Å². The average Bonchev–Trinajstić information content (AvgIpc) is 3.34. The Kier molecular flexibility index (Phi) is 10.3. The Bertz CT molecular complexity index is 1300. The molecule has 3 fully saturated rings. The van der Waals surface area contributed by atoms with Crippen LogP contribution in [0.5, 0.6) is 0 Å². The summed E-state index contributed by atoms with van der Waals surface area (Å²) in [6.45, 7) is 2.93. The number of rotatable bonds is 5. The van der Waals surface area contributed by atoms with Crippen LogP contribution >= 0.6 is 0 Å². The van der Waals surface area contributed by atoms with Crippen LogP contribution in [-0.4, -0.2) is 89.7 Å². The molecule has 0 radical (unpaired) electrons. The first kappa shape index (κ1) is 32.7.